The van der Waals surface area contributed by atoms with Gasteiger partial charge < -0.3 is 5.32 Å². The third-order valence-electron chi connectivity index (χ3n) is 4.75. The minimum atomic E-state index is -0.125. The summed E-state index contributed by atoms with van der Waals surface area (Å²) in [5, 5.41) is 7.47. The number of amides is 1. The van der Waals surface area contributed by atoms with Crippen LogP contribution in [0, 0.1) is 13.8 Å². The molecule has 0 saturated heterocycles. The number of aryl methyl sites for hydroxylation is 1. The van der Waals surface area contributed by atoms with E-state index in [4.69, 9.17) is 0 Å². The third kappa shape index (κ3) is 4.06. The molecule has 29 heavy (non-hydrogen) atoms. The molecule has 0 atom stereocenters. The number of aromatic nitrogens is 4. The number of hydrogen-bond acceptors (Lipinski definition) is 4. The highest BCUT2D eigenvalue weighted by atomic mass is 16.1. The molecular weight excluding hydrogens is 362 g/mol. The molecule has 6 heteroatoms. The fourth-order valence-electron chi connectivity index (χ4n) is 3.25. The first-order chi connectivity index (χ1) is 14.1. The van der Waals surface area contributed by atoms with Gasteiger partial charge in [0.2, 0.25) is 5.91 Å². The normalized spacial score (nSPS) is 10.7. The van der Waals surface area contributed by atoms with E-state index in [2.05, 4.69) is 20.4 Å². The fourth-order valence-corrected chi connectivity index (χ4v) is 3.25. The van der Waals surface area contributed by atoms with E-state index in [1.807, 2.05) is 79.2 Å². The van der Waals surface area contributed by atoms with Crippen molar-refractivity contribution in [2.45, 2.75) is 20.3 Å². The van der Waals surface area contributed by atoms with Crippen molar-refractivity contribution in [2.75, 3.05) is 5.32 Å². The van der Waals surface area contributed by atoms with Gasteiger partial charge in [-0.2, -0.15) is 5.10 Å². The third-order valence-corrected chi connectivity index (χ3v) is 4.75. The van der Waals surface area contributed by atoms with Crippen LogP contribution >= 0.6 is 0 Å². The van der Waals surface area contributed by atoms with E-state index in [0.29, 0.717) is 11.5 Å². The molecule has 2 aromatic carbocycles. The second-order valence-corrected chi connectivity index (χ2v) is 6.78. The van der Waals surface area contributed by atoms with Crippen LogP contribution in [0.5, 0.6) is 0 Å². The number of nitrogens with one attached hydrogen (secondary N) is 1. The highest BCUT2D eigenvalue weighted by molar-refractivity contribution is 5.92. The minimum Gasteiger partial charge on any atom is -0.323 e. The van der Waals surface area contributed by atoms with Crippen molar-refractivity contribution in [3.8, 4) is 17.1 Å². The maximum Gasteiger partial charge on any atom is 0.229 e. The minimum absolute atomic E-state index is 0.125. The van der Waals surface area contributed by atoms with Crippen molar-refractivity contribution in [3.63, 3.8) is 0 Å². The summed E-state index contributed by atoms with van der Waals surface area (Å²) in [4.78, 5) is 21.3. The Kier molecular flexibility index (Phi) is 5.16. The Balaban J connectivity index is 1.47. The van der Waals surface area contributed by atoms with E-state index in [9.17, 15) is 4.79 Å². The molecule has 6 nitrogen and oxygen atoms in total. The average Bonchev–Trinajstić information content (AvgIpc) is 3.04. The fraction of sp³-hybridized carbons (Fsp3) is 0.130. The number of carbonyl (C=O) groups is 1. The van der Waals surface area contributed by atoms with E-state index in [1.165, 1.54) is 0 Å². The average molecular weight is 383 g/mol. The second-order valence-electron chi connectivity index (χ2n) is 6.78. The molecule has 0 unspecified atom stereocenters. The Hall–Kier alpha value is -3.80. The molecule has 4 aromatic rings. The molecule has 0 aliphatic rings. The highest BCUT2D eigenvalue weighted by Crippen LogP contribution is 2.19. The number of carbonyl (C=O) groups excluding carboxylic acids is 1. The maximum atomic E-state index is 12.6. The Morgan fingerprint density at radius 3 is 2.21 bits per heavy atom. The van der Waals surface area contributed by atoms with Gasteiger partial charge in [-0.3, -0.25) is 4.79 Å². The lowest BCUT2D eigenvalue weighted by Crippen LogP contribution is -2.15. The van der Waals surface area contributed by atoms with Crippen molar-refractivity contribution < 1.29 is 4.79 Å². The number of rotatable bonds is 5. The van der Waals surface area contributed by atoms with E-state index in [-0.39, 0.29) is 12.3 Å². The lowest BCUT2D eigenvalue weighted by Gasteiger charge is -2.07. The van der Waals surface area contributed by atoms with Crippen LogP contribution in [-0.4, -0.2) is 25.7 Å². The summed E-state index contributed by atoms with van der Waals surface area (Å²) in [6.45, 7) is 3.90. The van der Waals surface area contributed by atoms with Crippen LogP contribution in [0.2, 0.25) is 0 Å². The van der Waals surface area contributed by atoms with Gasteiger partial charge in [-0.1, -0.05) is 48.5 Å². The van der Waals surface area contributed by atoms with Gasteiger partial charge in [0.1, 0.15) is 0 Å². The number of benzene rings is 2. The predicted molar refractivity (Wildman–Crippen MR) is 113 cm³/mol. The molecule has 0 saturated carbocycles. The maximum absolute atomic E-state index is 12.6. The smallest absolute Gasteiger partial charge is 0.229 e. The molecule has 0 radical (unpaired) electrons. The zero-order valence-electron chi connectivity index (χ0n) is 16.3. The summed E-state index contributed by atoms with van der Waals surface area (Å²) in [5.74, 6) is 0.499. The topological polar surface area (TPSA) is 72.7 Å². The van der Waals surface area contributed by atoms with Crippen molar-refractivity contribution in [1.29, 1.82) is 0 Å². The molecule has 2 heterocycles. The molecule has 1 amide bonds. The summed E-state index contributed by atoms with van der Waals surface area (Å²) < 4.78 is 1.87. The number of hydrogen-bond donors (Lipinski definition) is 1. The van der Waals surface area contributed by atoms with Gasteiger partial charge in [-0.05, 0) is 26.0 Å². The van der Waals surface area contributed by atoms with Crippen LogP contribution in [0.25, 0.3) is 17.1 Å². The van der Waals surface area contributed by atoms with Crippen LogP contribution in [0.3, 0.4) is 0 Å². The Labute approximate surface area is 169 Å². The highest BCUT2D eigenvalue weighted by Gasteiger charge is 2.16. The van der Waals surface area contributed by atoms with Crippen molar-refractivity contribution >= 4 is 11.6 Å². The van der Waals surface area contributed by atoms with Gasteiger partial charge >= 0.3 is 0 Å². The van der Waals surface area contributed by atoms with Crippen LogP contribution in [-0.2, 0) is 11.2 Å². The van der Waals surface area contributed by atoms with Gasteiger partial charge in [-0.25, -0.2) is 14.6 Å². The van der Waals surface area contributed by atoms with E-state index in [0.717, 1.165) is 28.2 Å². The zero-order valence-corrected chi connectivity index (χ0v) is 16.3. The second kappa shape index (κ2) is 8.06. The quantitative estimate of drug-likeness (QED) is 0.562. The molecule has 0 fully saturated rings. The molecule has 0 aliphatic carbocycles. The monoisotopic (exact) mass is 383 g/mol. The molecule has 4 rings (SSSR count). The Morgan fingerprint density at radius 2 is 1.55 bits per heavy atom. The SMILES string of the molecule is Cc1nn(-c2ccccc2)c(C)c1CC(=O)Nc1cnc(-c2ccccc2)nc1. The van der Waals surface area contributed by atoms with Crippen LogP contribution in [0.1, 0.15) is 17.0 Å². The standard InChI is InChI=1S/C23H21N5O/c1-16-21(17(2)28(27-16)20-11-7-4-8-12-20)13-22(29)26-19-14-24-23(25-15-19)18-9-5-3-6-10-18/h3-12,14-15H,13H2,1-2H3,(H,26,29). The summed E-state index contributed by atoms with van der Waals surface area (Å²) in [7, 11) is 0. The lowest BCUT2D eigenvalue weighted by molar-refractivity contribution is -0.115. The summed E-state index contributed by atoms with van der Waals surface area (Å²) in [6, 6.07) is 19.6. The van der Waals surface area contributed by atoms with Gasteiger partial charge in [0, 0.05) is 16.8 Å². The summed E-state index contributed by atoms with van der Waals surface area (Å²) in [6.07, 6.45) is 3.49. The van der Waals surface area contributed by atoms with E-state index < -0.39 is 0 Å². The first-order valence-electron chi connectivity index (χ1n) is 9.39. The lowest BCUT2D eigenvalue weighted by atomic mass is 10.1. The predicted octanol–water partition coefficient (Wildman–Crippen LogP) is 4.13. The van der Waals surface area contributed by atoms with E-state index >= 15 is 0 Å². The first-order valence-corrected chi connectivity index (χ1v) is 9.39. The number of para-hydroxylation sites is 1. The van der Waals surface area contributed by atoms with Crippen LogP contribution in [0.4, 0.5) is 5.69 Å². The number of nitrogens with zero attached hydrogens (tertiary/aromatic N) is 4. The van der Waals surface area contributed by atoms with Crippen molar-refractivity contribution in [2.24, 2.45) is 0 Å². The first kappa shape index (κ1) is 18.6. The Morgan fingerprint density at radius 1 is 0.931 bits per heavy atom. The molecular formula is C23H21N5O. The molecule has 2 aromatic heterocycles. The molecule has 0 bridgehead atoms. The molecule has 144 valence electrons. The van der Waals surface area contributed by atoms with E-state index in [1.54, 1.807) is 12.4 Å². The largest absolute Gasteiger partial charge is 0.323 e. The van der Waals surface area contributed by atoms with Crippen molar-refractivity contribution in [3.05, 3.63) is 90.0 Å². The van der Waals surface area contributed by atoms with Gasteiger partial charge in [0.15, 0.2) is 5.82 Å². The Bertz CT molecular complexity index is 1120. The van der Waals surface area contributed by atoms with Crippen LogP contribution in [0.15, 0.2) is 73.1 Å². The zero-order chi connectivity index (χ0) is 20.2. The molecule has 0 spiro atoms. The number of anilines is 1. The molecule has 1 N–H and O–H groups in total. The van der Waals surface area contributed by atoms with Gasteiger partial charge in [0.05, 0.1) is 35.9 Å². The summed E-state index contributed by atoms with van der Waals surface area (Å²) >= 11 is 0. The van der Waals surface area contributed by atoms with Gasteiger partial charge in [0.25, 0.3) is 0 Å². The van der Waals surface area contributed by atoms with Crippen LogP contribution < -0.4 is 5.32 Å². The summed E-state index contributed by atoms with van der Waals surface area (Å²) in [5.41, 5.74) is 5.21. The van der Waals surface area contributed by atoms with Crippen molar-refractivity contribution in [1.82, 2.24) is 19.7 Å². The van der Waals surface area contributed by atoms with Gasteiger partial charge in [-0.15, -0.1) is 0 Å². The molecule has 0 aliphatic heterocycles.